The van der Waals surface area contributed by atoms with Gasteiger partial charge in [0.15, 0.2) is 0 Å². The Morgan fingerprint density at radius 1 is 1.30 bits per heavy atom. The van der Waals surface area contributed by atoms with Crippen LogP contribution in [-0.4, -0.2) is 23.4 Å². The zero-order valence-corrected chi connectivity index (χ0v) is 11.5. The quantitative estimate of drug-likeness (QED) is 0.767. The highest BCUT2D eigenvalue weighted by Crippen LogP contribution is 2.35. The molecule has 20 heavy (non-hydrogen) atoms. The molecular weight excluding hydrogens is 258 g/mol. The van der Waals surface area contributed by atoms with E-state index >= 15 is 0 Å². The molecule has 1 atom stereocenters. The number of fused-ring (bicyclic) bond motifs is 1. The number of aliphatic hydroxyl groups excluding tert-OH is 1. The number of ether oxygens (including phenoxy) is 2. The molecule has 0 bridgehead atoms. The molecule has 1 aromatic carbocycles. The van der Waals surface area contributed by atoms with Crippen LogP contribution in [0.15, 0.2) is 35.8 Å². The van der Waals surface area contributed by atoms with Gasteiger partial charge in [0, 0.05) is 20.4 Å². The van der Waals surface area contributed by atoms with Crippen molar-refractivity contribution in [2.45, 2.75) is 32.1 Å². The molecule has 2 aliphatic rings. The topological polar surface area (TPSA) is 67.8 Å². The first kappa shape index (κ1) is 13.0. The van der Waals surface area contributed by atoms with Gasteiger partial charge in [-0.2, -0.15) is 0 Å². The Kier molecular flexibility index (Phi) is 2.94. The van der Waals surface area contributed by atoms with Crippen molar-refractivity contribution >= 4 is 5.97 Å². The van der Waals surface area contributed by atoms with E-state index in [0.717, 1.165) is 24.1 Å². The van der Waals surface area contributed by atoms with Crippen LogP contribution in [0.3, 0.4) is 0 Å². The summed E-state index contributed by atoms with van der Waals surface area (Å²) in [5, 5.41) is 13.3. The molecule has 0 aromatic heterocycles. The van der Waals surface area contributed by atoms with Crippen LogP contribution in [0.4, 0.5) is 0 Å². The number of cyclic esters (lactones) is 1. The first-order chi connectivity index (χ1) is 9.48. The average Bonchev–Trinajstić information content (AvgIpc) is 2.36. The van der Waals surface area contributed by atoms with Gasteiger partial charge in [-0.1, -0.05) is 24.3 Å². The smallest absolute Gasteiger partial charge is 0.346 e. The zero-order chi connectivity index (χ0) is 14.3. The van der Waals surface area contributed by atoms with E-state index in [0.29, 0.717) is 0 Å². The monoisotopic (exact) mass is 275 g/mol. The van der Waals surface area contributed by atoms with Gasteiger partial charge >= 0.3 is 5.97 Å². The highest BCUT2D eigenvalue weighted by Gasteiger charge is 2.41. The largest absolute Gasteiger partial charge is 0.480 e. The van der Waals surface area contributed by atoms with E-state index in [2.05, 4.69) is 5.32 Å². The molecule has 3 rings (SSSR count). The summed E-state index contributed by atoms with van der Waals surface area (Å²) in [4.78, 5) is 12.2. The summed E-state index contributed by atoms with van der Waals surface area (Å²) < 4.78 is 10.5. The van der Waals surface area contributed by atoms with Crippen molar-refractivity contribution in [3.05, 3.63) is 46.9 Å². The van der Waals surface area contributed by atoms with Gasteiger partial charge in [0.2, 0.25) is 0 Å². The normalized spacial score (nSPS) is 24.7. The highest BCUT2D eigenvalue weighted by molar-refractivity contribution is 5.91. The van der Waals surface area contributed by atoms with E-state index in [1.807, 2.05) is 24.3 Å². The fourth-order valence-electron chi connectivity index (χ4n) is 2.68. The van der Waals surface area contributed by atoms with Crippen molar-refractivity contribution in [3.63, 3.8) is 0 Å². The highest BCUT2D eigenvalue weighted by atomic mass is 16.8. The van der Waals surface area contributed by atoms with Crippen molar-refractivity contribution in [1.29, 1.82) is 0 Å². The number of esters is 1. The minimum atomic E-state index is -1.14. The van der Waals surface area contributed by atoms with Crippen LogP contribution >= 0.6 is 0 Å². The average molecular weight is 275 g/mol. The minimum absolute atomic E-state index is 0.136. The van der Waals surface area contributed by atoms with Crippen LogP contribution in [0.1, 0.15) is 31.0 Å². The van der Waals surface area contributed by atoms with Gasteiger partial charge < -0.3 is 19.9 Å². The van der Waals surface area contributed by atoms with Gasteiger partial charge in [-0.15, -0.1) is 0 Å². The number of hydrogen-bond donors (Lipinski definition) is 2. The Balaban J connectivity index is 2.04. The molecule has 2 aliphatic heterocycles. The van der Waals surface area contributed by atoms with E-state index in [1.54, 1.807) is 13.8 Å². The lowest BCUT2D eigenvalue weighted by molar-refractivity contribution is -0.222. The number of rotatable bonds is 1. The van der Waals surface area contributed by atoms with Crippen LogP contribution in [0.2, 0.25) is 0 Å². The second kappa shape index (κ2) is 4.52. The Hall–Kier alpha value is -2.01. The molecule has 106 valence electrons. The molecule has 0 unspecified atom stereocenters. The van der Waals surface area contributed by atoms with Gasteiger partial charge in [0.1, 0.15) is 5.57 Å². The summed E-state index contributed by atoms with van der Waals surface area (Å²) in [6.45, 7) is 3.90. The van der Waals surface area contributed by atoms with E-state index in [-0.39, 0.29) is 11.5 Å². The van der Waals surface area contributed by atoms with Crippen LogP contribution in [-0.2, 0) is 20.7 Å². The molecule has 0 spiro atoms. The second-order valence-corrected chi connectivity index (χ2v) is 5.45. The Morgan fingerprint density at radius 3 is 2.80 bits per heavy atom. The van der Waals surface area contributed by atoms with Gasteiger partial charge in [-0.3, -0.25) is 0 Å². The fraction of sp³-hybridized carbons (Fsp3) is 0.400. The Bertz CT molecular complexity index is 591. The molecule has 0 fully saturated rings. The molecule has 2 N–H and O–H groups in total. The molecule has 0 amide bonds. The SMILES string of the molecule is CC1(C)OC(=O)C([C@H]2NCCc3ccccc32)=C(O)O1. The summed E-state index contributed by atoms with van der Waals surface area (Å²) in [5.41, 5.74) is 2.27. The second-order valence-electron chi connectivity index (χ2n) is 5.45. The van der Waals surface area contributed by atoms with Gasteiger partial charge in [-0.05, 0) is 17.5 Å². The van der Waals surface area contributed by atoms with Crippen molar-refractivity contribution < 1.29 is 19.4 Å². The standard InChI is InChI=1S/C15H17NO4/c1-15(2)19-13(17)11(14(18)20-15)12-10-6-4-3-5-9(10)7-8-16-12/h3-6,12,16-17H,7-8H2,1-2H3/t12-/m0/s1. The van der Waals surface area contributed by atoms with E-state index < -0.39 is 17.8 Å². The molecular formula is C15H17NO4. The third kappa shape index (κ3) is 2.14. The molecule has 0 radical (unpaired) electrons. The molecule has 5 nitrogen and oxygen atoms in total. The number of benzene rings is 1. The lowest BCUT2D eigenvalue weighted by Crippen LogP contribution is -2.42. The molecule has 0 saturated carbocycles. The van der Waals surface area contributed by atoms with Crippen molar-refractivity contribution in [2.75, 3.05) is 6.54 Å². The number of hydrogen-bond acceptors (Lipinski definition) is 5. The van der Waals surface area contributed by atoms with Crippen LogP contribution in [0, 0.1) is 0 Å². The van der Waals surface area contributed by atoms with E-state index in [1.165, 1.54) is 0 Å². The number of nitrogens with one attached hydrogen (secondary N) is 1. The number of carbonyl (C=O) groups is 1. The molecule has 2 heterocycles. The summed E-state index contributed by atoms with van der Waals surface area (Å²) in [5.74, 6) is -2.05. The van der Waals surface area contributed by atoms with Crippen LogP contribution < -0.4 is 5.32 Å². The van der Waals surface area contributed by atoms with Crippen molar-refractivity contribution in [2.24, 2.45) is 0 Å². The molecule has 1 aromatic rings. The first-order valence-electron chi connectivity index (χ1n) is 6.64. The Morgan fingerprint density at radius 2 is 2.05 bits per heavy atom. The van der Waals surface area contributed by atoms with Crippen molar-refractivity contribution in [3.8, 4) is 0 Å². The third-order valence-corrected chi connectivity index (χ3v) is 3.53. The van der Waals surface area contributed by atoms with E-state index in [4.69, 9.17) is 9.47 Å². The fourth-order valence-corrected chi connectivity index (χ4v) is 2.68. The summed E-state index contributed by atoms with van der Waals surface area (Å²) in [7, 11) is 0. The lowest BCUT2D eigenvalue weighted by atomic mass is 9.89. The van der Waals surface area contributed by atoms with Crippen LogP contribution in [0.5, 0.6) is 0 Å². The van der Waals surface area contributed by atoms with Crippen molar-refractivity contribution in [1.82, 2.24) is 5.32 Å². The number of aliphatic hydroxyl groups is 1. The molecule has 0 saturated heterocycles. The maximum atomic E-state index is 12.2. The minimum Gasteiger partial charge on any atom is -0.480 e. The predicted octanol–water partition coefficient (Wildman–Crippen LogP) is 1.95. The third-order valence-electron chi connectivity index (χ3n) is 3.53. The molecule has 5 heteroatoms. The van der Waals surface area contributed by atoms with Crippen LogP contribution in [0.25, 0.3) is 0 Å². The van der Waals surface area contributed by atoms with Gasteiger partial charge in [-0.25, -0.2) is 4.79 Å². The predicted molar refractivity (Wildman–Crippen MR) is 71.8 cm³/mol. The van der Waals surface area contributed by atoms with E-state index in [9.17, 15) is 9.90 Å². The number of carbonyl (C=O) groups excluding carboxylic acids is 1. The summed E-state index contributed by atoms with van der Waals surface area (Å²) in [6.07, 6.45) is 0.891. The Labute approximate surface area is 117 Å². The summed E-state index contributed by atoms with van der Waals surface area (Å²) in [6, 6.07) is 7.45. The first-order valence-corrected chi connectivity index (χ1v) is 6.64. The lowest BCUT2D eigenvalue weighted by Gasteiger charge is -2.35. The maximum absolute atomic E-state index is 12.2. The molecule has 0 aliphatic carbocycles. The van der Waals surface area contributed by atoms with Gasteiger partial charge in [0.05, 0.1) is 6.04 Å². The summed E-state index contributed by atoms with van der Waals surface area (Å²) >= 11 is 0. The zero-order valence-electron chi connectivity index (χ0n) is 11.5. The maximum Gasteiger partial charge on any atom is 0.346 e. The van der Waals surface area contributed by atoms with Gasteiger partial charge in [0.25, 0.3) is 11.7 Å².